The molecule has 0 saturated heterocycles. The molecule has 6 nitrogen and oxygen atoms in total. The van der Waals surface area contributed by atoms with Gasteiger partial charge < -0.3 is 9.15 Å². The third-order valence-corrected chi connectivity index (χ3v) is 5.00. The first-order chi connectivity index (χ1) is 15.4. The lowest BCUT2D eigenvalue weighted by Crippen LogP contribution is -2.39. The van der Waals surface area contributed by atoms with Gasteiger partial charge >= 0.3 is 5.69 Å². The summed E-state index contributed by atoms with van der Waals surface area (Å²) in [6.45, 7) is -0.206. The number of halogens is 2. The fourth-order valence-electron chi connectivity index (χ4n) is 3.28. The largest absolute Gasteiger partial charge is 0.497 e. The summed E-state index contributed by atoms with van der Waals surface area (Å²) in [5.74, 6) is 4.78. The number of methoxy groups -OCH3 is 1. The number of fused-ring (bicyclic) bond motifs is 1. The molecule has 0 bridgehead atoms. The van der Waals surface area contributed by atoms with E-state index in [0.717, 1.165) is 28.0 Å². The van der Waals surface area contributed by atoms with Crippen molar-refractivity contribution in [3.8, 4) is 17.6 Å². The molecule has 0 unspecified atom stereocenters. The molecule has 0 fully saturated rings. The minimum Gasteiger partial charge on any atom is -0.497 e. The van der Waals surface area contributed by atoms with Crippen LogP contribution in [0.3, 0.4) is 0 Å². The van der Waals surface area contributed by atoms with Crippen molar-refractivity contribution in [3.63, 3.8) is 0 Å². The second kappa shape index (κ2) is 8.55. The molecule has 0 amide bonds. The van der Waals surface area contributed by atoms with Gasteiger partial charge in [-0.1, -0.05) is 24.1 Å². The molecule has 4 rings (SSSR count). The fraction of sp³-hybridized carbons (Fsp3) is 0.167. The van der Waals surface area contributed by atoms with Crippen LogP contribution < -0.4 is 16.0 Å². The summed E-state index contributed by atoms with van der Waals surface area (Å²) >= 11 is 0. The van der Waals surface area contributed by atoms with E-state index in [-0.39, 0.29) is 29.0 Å². The Morgan fingerprint density at radius 3 is 2.41 bits per heavy atom. The molecular weight excluding hydrogens is 418 g/mol. The Bertz CT molecular complexity index is 1490. The van der Waals surface area contributed by atoms with E-state index in [1.54, 1.807) is 7.11 Å². The van der Waals surface area contributed by atoms with Crippen molar-refractivity contribution in [2.75, 3.05) is 7.11 Å². The molecule has 0 saturated carbocycles. The summed E-state index contributed by atoms with van der Waals surface area (Å²) in [6, 6.07) is 12.2. The van der Waals surface area contributed by atoms with Gasteiger partial charge in [0.15, 0.2) is 17.4 Å². The number of benzene rings is 2. The molecule has 0 aliphatic carbocycles. The Hall–Kier alpha value is -4.12. The standard InChI is InChI=1S/C24H18F2N2O4/c1-27-23-19(13-18(32-23)5-3-4-15-6-9-17(31-2)10-7-15)22(29)28(24(27)30)14-16-8-11-20(25)21(26)12-16/h6-13H,4,14H2,1-2H3. The van der Waals surface area contributed by atoms with Crippen molar-refractivity contribution in [2.45, 2.75) is 13.0 Å². The molecule has 4 aromatic rings. The van der Waals surface area contributed by atoms with E-state index in [2.05, 4.69) is 11.8 Å². The van der Waals surface area contributed by atoms with Crippen LogP contribution in [0.4, 0.5) is 8.78 Å². The summed E-state index contributed by atoms with van der Waals surface area (Å²) in [5.41, 5.74) is 0.121. The quantitative estimate of drug-likeness (QED) is 0.461. The number of rotatable bonds is 4. The van der Waals surface area contributed by atoms with Crippen molar-refractivity contribution >= 4 is 11.1 Å². The number of hydrogen-bond donors (Lipinski definition) is 0. The van der Waals surface area contributed by atoms with Crippen LogP contribution in [0.25, 0.3) is 11.1 Å². The Balaban J connectivity index is 1.66. The lowest BCUT2D eigenvalue weighted by molar-refractivity contribution is 0.414. The van der Waals surface area contributed by atoms with Gasteiger partial charge in [-0.15, -0.1) is 0 Å². The molecule has 32 heavy (non-hydrogen) atoms. The zero-order valence-electron chi connectivity index (χ0n) is 17.3. The highest BCUT2D eigenvalue weighted by Crippen LogP contribution is 2.15. The highest BCUT2D eigenvalue weighted by Gasteiger charge is 2.16. The van der Waals surface area contributed by atoms with Crippen molar-refractivity contribution in [2.24, 2.45) is 7.05 Å². The van der Waals surface area contributed by atoms with E-state index in [9.17, 15) is 18.4 Å². The molecule has 0 aliphatic rings. The minimum absolute atomic E-state index is 0.0929. The van der Waals surface area contributed by atoms with Gasteiger partial charge in [-0.3, -0.25) is 13.9 Å². The summed E-state index contributed by atoms with van der Waals surface area (Å²) in [6.07, 6.45) is 0.459. The second-order valence-electron chi connectivity index (χ2n) is 7.14. The molecule has 2 heterocycles. The molecule has 0 radical (unpaired) electrons. The average Bonchev–Trinajstić information content (AvgIpc) is 3.22. The number of hydrogen-bond acceptors (Lipinski definition) is 4. The van der Waals surface area contributed by atoms with Crippen molar-refractivity contribution in [1.82, 2.24) is 9.13 Å². The molecule has 8 heteroatoms. The highest BCUT2D eigenvalue weighted by atomic mass is 19.2. The van der Waals surface area contributed by atoms with E-state index >= 15 is 0 Å². The lowest BCUT2D eigenvalue weighted by atomic mass is 10.1. The molecule has 2 aromatic heterocycles. The molecule has 162 valence electrons. The average molecular weight is 436 g/mol. The van der Waals surface area contributed by atoms with E-state index in [4.69, 9.17) is 9.15 Å². The zero-order chi connectivity index (χ0) is 22.8. The minimum atomic E-state index is -1.05. The van der Waals surface area contributed by atoms with Gasteiger partial charge in [0.05, 0.1) is 13.7 Å². The monoisotopic (exact) mass is 436 g/mol. The van der Waals surface area contributed by atoms with Gasteiger partial charge in [0.2, 0.25) is 5.71 Å². The normalized spacial score (nSPS) is 10.8. The van der Waals surface area contributed by atoms with Gasteiger partial charge in [-0.25, -0.2) is 13.6 Å². The smallest absolute Gasteiger partial charge is 0.333 e. The van der Waals surface area contributed by atoms with Crippen LogP contribution in [0.2, 0.25) is 0 Å². The number of ether oxygens (including phenoxy) is 1. The molecule has 0 aliphatic heterocycles. The van der Waals surface area contributed by atoms with E-state index in [1.165, 1.54) is 23.7 Å². The van der Waals surface area contributed by atoms with Gasteiger partial charge in [-0.2, -0.15) is 0 Å². The van der Waals surface area contributed by atoms with Crippen LogP contribution in [0.15, 0.2) is 62.5 Å². The van der Waals surface area contributed by atoms with E-state index in [1.807, 2.05) is 24.3 Å². The maximum Gasteiger partial charge on any atom is 0.333 e. The topological polar surface area (TPSA) is 66.4 Å². The number of aryl methyl sites for hydroxylation is 1. The summed E-state index contributed by atoms with van der Waals surface area (Å²) in [7, 11) is 3.06. The van der Waals surface area contributed by atoms with Gasteiger partial charge in [0.25, 0.3) is 5.56 Å². The summed E-state index contributed by atoms with van der Waals surface area (Å²) in [5, 5.41) is 0.170. The Kier molecular flexibility index (Phi) is 5.65. The Morgan fingerprint density at radius 1 is 1.00 bits per heavy atom. The van der Waals surface area contributed by atoms with Crippen LogP contribution in [-0.2, 0) is 20.0 Å². The van der Waals surface area contributed by atoms with Crippen molar-refractivity contribution < 1.29 is 17.9 Å². The zero-order valence-corrected chi connectivity index (χ0v) is 17.3. The molecular formula is C24H18F2N2O4. The van der Waals surface area contributed by atoms with Crippen LogP contribution in [0, 0.1) is 23.5 Å². The second-order valence-corrected chi connectivity index (χ2v) is 7.14. The van der Waals surface area contributed by atoms with E-state index in [0.29, 0.717) is 6.42 Å². The first-order valence-electron chi connectivity index (χ1n) is 9.66. The molecule has 0 spiro atoms. The predicted molar refractivity (Wildman–Crippen MR) is 115 cm³/mol. The molecule has 2 aromatic carbocycles. The van der Waals surface area contributed by atoms with Gasteiger partial charge in [0.1, 0.15) is 11.1 Å². The summed E-state index contributed by atoms with van der Waals surface area (Å²) in [4.78, 5) is 25.6. The predicted octanol–water partition coefficient (Wildman–Crippen LogP) is 3.22. The highest BCUT2D eigenvalue weighted by molar-refractivity contribution is 5.74. The number of furan rings is 1. The maximum absolute atomic E-state index is 13.5. The number of aromatic nitrogens is 2. The third-order valence-electron chi connectivity index (χ3n) is 5.00. The Morgan fingerprint density at radius 2 is 1.72 bits per heavy atom. The summed E-state index contributed by atoms with van der Waals surface area (Å²) < 4.78 is 39.6. The van der Waals surface area contributed by atoms with Crippen LogP contribution in [0.5, 0.6) is 5.75 Å². The molecule has 0 N–H and O–H groups in total. The van der Waals surface area contributed by atoms with Crippen LogP contribution in [-0.4, -0.2) is 16.2 Å². The maximum atomic E-state index is 13.5. The van der Waals surface area contributed by atoms with E-state index < -0.39 is 22.9 Å². The van der Waals surface area contributed by atoms with Crippen molar-refractivity contribution in [1.29, 1.82) is 0 Å². The molecule has 0 atom stereocenters. The van der Waals surface area contributed by atoms with Gasteiger partial charge in [-0.05, 0) is 41.3 Å². The van der Waals surface area contributed by atoms with Crippen molar-refractivity contribution in [3.05, 3.63) is 97.9 Å². The first-order valence-corrected chi connectivity index (χ1v) is 9.66. The lowest BCUT2D eigenvalue weighted by Gasteiger charge is -2.08. The Labute approximate surface area is 181 Å². The SMILES string of the molecule is COc1ccc(CC#Cc2cc3c(=O)n(Cc4ccc(F)c(F)c4)c(=O)n(C)c3o2)cc1. The van der Waals surface area contributed by atoms with Gasteiger partial charge in [0, 0.05) is 19.5 Å². The van der Waals surface area contributed by atoms with Crippen LogP contribution in [0.1, 0.15) is 16.9 Å². The fourth-order valence-corrected chi connectivity index (χ4v) is 3.28. The first kappa shape index (κ1) is 21.1. The van der Waals surface area contributed by atoms with Crippen LogP contribution >= 0.6 is 0 Å². The third kappa shape index (κ3) is 4.05. The number of nitrogens with zero attached hydrogens (tertiary/aromatic N) is 2.